The number of nitrogens with zero attached hydrogens (tertiary/aromatic N) is 2. The van der Waals surface area contributed by atoms with E-state index in [1.807, 2.05) is 36.4 Å². The molecule has 0 radical (unpaired) electrons. The van der Waals surface area contributed by atoms with E-state index in [-0.39, 0.29) is 6.04 Å². The lowest BCUT2D eigenvalue weighted by molar-refractivity contribution is 0.652. The molecule has 0 fully saturated rings. The zero-order valence-corrected chi connectivity index (χ0v) is 11.3. The lowest BCUT2D eigenvalue weighted by Crippen LogP contribution is -2.25. The Morgan fingerprint density at radius 3 is 2.68 bits per heavy atom. The fourth-order valence-electron chi connectivity index (χ4n) is 2.09. The van der Waals surface area contributed by atoms with E-state index in [0.29, 0.717) is 0 Å². The van der Waals surface area contributed by atoms with Gasteiger partial charge in [-0.2, -0.15) is 0 Å². The summed E-state index contributed by atoms with van der Waals surface area (Å²) in [7, 11) is 0. The zero-order chi connectivity index (χ0) is 13.1. The van der Waals surface area contributed by atoms with Gasteiger partial charge in [0.1, 0.15) is 0 Å². The molecular weight excluding hydrogens is 254 g/mol. The fraction of sp³-hybridized carbons (Fsp3) is 0.200. The van der Waals surface area contributed by atoms with Gasteiger partial charge in [-0.05, 0) is 24.3 Å². The van der Waals surface area contributed by atoms with Gasteiger partial charge in [-0.3, -0.25) is 4.98 Å². The maximum Gasteiger partial charge on any atom is 0.0954 e. The molecule has 0 amide bonds. The van der Waals surface area contributed by atoms with Crippen LogP contribution in [0.25, 0.3) is 10.2 Å². The van der Waals surface area contributed by atoms with Gasteiger partial charge in [0.05, 0.1) is 15.2 Å². The maximum absolute atomic E-state index is 6.19. The largest absolute Gasteiger partial charge is 0.327 e. The van der Waals surface area contributed by atoms with Crippen LogP contribution < -0.4 is 5.73 Å². The summed E-state index contributed by atoms with van der Waals surface area (Å²) in [6.07, 6.45) is 3.40. The third-order valence-electron chi connectivity index (χ3n) is 2.97. The summed E-state index contributed by atoms with van der Waals surface area (Å²) in [4.78, 5) is 8.92. The Kier molecular flexibility index (Phi) is 3.53. The van der Waals surface area contributed by atoms with E-state index in [1.165, 1.54) is 4.70 Å². The van der Waals surface area contributed by atoms with Crippen molar-refractivity contribution in [1.29, 1.82) is 0 Å². The minimum Gasteiger partial charge on any atom is -0.327 e. The molecule has 2 heterocycles. The van der Waals surface area contributed by atoms with Crippen molar-refractivity contribution >= 4 is 21.6 Å². The molecule has 0 spiro atoms. The van der Waals surface area contributed by atoms with Gasteiger partial charge in [0, 0.05) is 30.8 Å². The predicted molar refractivity (Wildman–Crippen MR) is 79.2 cm³/mol. The van der Waals surface area contributed by atoms with Gasteiger partial charge in [-0.15, -0.1) is 11.3 Å². The minimum absolute atomic E-state index is 0.0652. The van der Waals surface area contributed by atoms with Crippen LogP contribution in [-0.4, -0.2) is 16.0 Å². The SMILES string of the molecule is NC(Cc1ccccn1)Cc1nc2ccccc2s1. The Morgan fingerprint density at radius 1 is 1.05 bits per heavy atom. The van der Waals surface area contributed by atoms with Crippen molar-refractivity contribution < 1.29 is 0 Å². The van der Waals surface area contributed by atoms with E-state index in [0.717, 1.165) is 29.1 Å². The highest BCUT2D eigenvalue weighted by atomic mass is 32.1. The van der Waals surface area contributed by atoms with Crippen molar-refractivity contribution in [2.45, 2.75) is 18.9 Å². The van der Waals surface area contributed by atoms with E-state index < -0.39 is 0 Å². The van der Waals surface area contributed by atoms with Gasteiger partial charge in [0.2, 0.25) is 0 Å². The highest BCUT2D eigenvalue weighted by Gasteiger charge is 2.10. The second-order valence-electron chi connectivity index (χ2n) is 4.56. The molecule has 3 rings (SSSR count). The first-order chi connectivity index (χ1) is 9.31. The van der Waals surface area contributed by atoms with E-state index in [9.17, 15) is 0 Å². The van der Waals surface area contributed by atoms with Crippen LogP contribution in [0.4, 0.5) is 0 Å². The highest BCUT2D eigenvalue weighted by Crippen LogP contribution is 2.22. The molecule has 96 valence electrons. The molecule has 0 saturated heterocycles. The van der Waals surface area contributed by atoms with Crippen molar-refractivity contribution in [3.63, 3.8) is 0 Å². The highest BCUT2D eigenvalue weighted by molar-refractivity contribution is 7.18. The standard InChI is InChI=1S/C15H15N3S/c16-11(9-12-5-3-4-8-17-12)10-15-18-13-6-1-2-7-14(13)19-15/h1-8,11H,9-10,16H2. The smallest absolute Gasteiger partial charge is 0.0954 e. The third-order valence-corrected chi connectivity index (χ3v) is 4.03. The van der Waals surface area contributed by atoms with Crippen molar-refractivity contribution in [2.24, 2.45) is 5.73 Å². The monoisotopic (exact) mass is 269 g/mol. The van der Waals surface area contributed by atoms with E-state index >= 15 is 0 Å². The second kappa shape index (κ2) is 5.47. The van der Waals surface area contributed by atoms with Crippen LogP contribution in [0.2, 0.25) is 0 Å². The number of pyridine rings is 1. The zero-order valence-electron chi connectivity index (χ0n) is 10.5. The summed E-state index contributed by atoms with van der Waals surface area (Å²) in [5.74, 6) is 0. The number of para-hydroxylation sites is 1. The molecule has 0 bridgehead atoms. The molecule has 2 aromatic heterocycles. The molecular formula is C15H15N3S. The first-order valence-corrected chi connectivity index (χ1v) is 7.13. The Balaban J connectivity index is 1.70. The number of thiazole rings is 1. The average Bonchev–Trinajstić information content (AvgIpc) is 2.81. The molecule has 19 heavy (non-hydrogen) atoms. The Bertz CT molecular complexity index is 630. The number of aromatic nitrogens is 2. The summed E-state index contributed by atoms with van der Waals surface area (Å²) < 4.78 is 1.22. The van der Waals surface area contributed by atoms with Gasteiger partial charge in [-0.1, -0.05) is 18.2 Å². The van der Waals surface area contributed by atoms with Crippen LogP contribution in [0.5, 0.6) is 0 Å². The fourth-order valence-corrected chi connectivity index (χ4v) is 3.15. The van der Waals surface area contributed by atoms with Crippen LogP contribution >= 0.6 is 11.3 Å². The lowest BCUT2D eigenvalue weighted by Gasteiger charge is -2.08. The van der Waals surface area contributed by atoms with E-state index in [1.54, 1.807) is 17.5 Å². The molecule has 1 atom stereocenters. The predicted octanol–water partition coefficient (Wildman–Crippen LogP) is 2.80. The summed E-state index contributed by atoms with van der Waals surface area (Å²) in [6.45, 7) is 0. The lowest BCUT2D eigenvalue weighted by atomic mass is 10.1. The molecule has 3 nitrogen and oxygen atoms in total. The van der Waals surface area contributed by atoms with E-state index in [2.05, 4.69) is 16.0 Å². The number of fused-ring (bicyclic) bond motifs is 1. The first kappa shape index (κ1) is 12.3. The van der Waals surface area contributed by atoms with Crippen molar-refractivity contribution in [1.82, 2.24) is 9.97 Å². The number of hydrogen-bond donors (Lipinski definition) is 1. The molecule has 2 N–H and O–H groups in total. The number of rotatable bonds is 4. The Hall–Kier alpha value is -1.78. The molecule has 0 aliphatic heterocycles. The molecule has 1 unspecified atom stereocenters. The van der Waals surface area contributed by atoms with Gasteiger partial charge >= 0.3 is 0 Å². The number of nitrogens with two attached hydrogens (primary N) is 1. The molecule has 0 saturated carbocycles. The average molecular weight is 269 g/mol. The van der Waals surface area contributed by atoms with Gasteiger partial charge in [0.25, 0.3) is 0 Å². The van der Waals surface area contributed by atoms with Crippen LogP contribution in [0.15, 0.2) is 48.7 Å². The summed E-state index contributed by atoms with van der Waals surface area (Å²) in [6, 6.07) is 14.2. The van der Waals surface area contributed by atoms with Crippen molar-refractivity contribution in [3.8, 4) is 0 Å². The Morgan fingerprint density at radius 2 is 1.89 bits per heavy atom. The topological polar surface area (TPSA) is 51.8 Å². The van der Waals surface area contributed by atoms with Crippen LogP contribution in [0.3, 0.4) is 0 Å². The quantitative estimate of drug-likeness (QED) is 0.792. The molecule has 0 aliphatic carbocycles. The summed E-state index contributed by atoms with van der Waals surface area (Å²) >= 11 is 1.72. The third kappa shape index (κ3) is 2.97. The van der Waals surface area contributed by atoms with Gasteiger partial charge in [0.15, 0.2) is 0 Å². The van der Waals surface area contributed by atoms with Gasteiger partial charge < -0.3 is 5.73 Å². The van der Waals surface area contributed by atoms with Crippen molar-refractivity contribution in [3.05, 3.63) is 59.4 Å². The Labute approximate surface area is 116 Å². The number of benzene rings is 1. The first-order valence-electron chi connectivity index (χ1n) is 6.31. The minimum atomic E-state index is 0.0652. The summed E-state index contributed by atoms with van der Waals surface area (Å²) in [5.41, 5.74) is 8.29. The van der Waals surface area contributed by atoms with E-state index in [4.69, 9.17) is 5.73 Å². The summed E-state index contributed by atoms with van der Waals surface area (Å²) in [5, 5.41) is 1.10. The van der Waals surface area contributed by atoms with Crippen LogP contribution in [0, 0.1) is 0 Å². The van der Waals surface area contributed by atoms with Gasteiger partial charge in [-0.25, -0.2) is 4.98 Å². The van der Waals surface area contributed by atoms with Crippen LogP contribution in [0.1, 0.15) is 10.7 Å². The normalized spacial score (nSPS) is 12.7. The van der Waals surface area contributed by atoms with Crippen LogP contribution in [-0.2, 0) is 12.8 Å². The number of hydrogen-bond acceptors (Lipinski definition) is 4. The maximum atomic E-state index is 6.19. The van der Waals surface area contributed by atoms with Crippen molar-refractivity contribution in [2.75, 3.05) is 0 Å². The molecule has 4 heteroatoms. The molecule has 0 aliphatic rings. The second-order valence-corrected chi connectivity index (χ2v) is 5.68. The molecule has 1 aromatic carbocycles. The molecule has 3 aromatic rings.